The van der Waals surface area contributed by atoms with Crippen LogP contribution in [0, 0.1) is 17.0 Å². The van der Waals surface area contributed by atoms with Crippen LogP contribution >= 0.6 is 0 Å². The first-order valence-electron chi connectivity index (χ1n) is 4.50. The van der Waals surface area contributed by atoms with Crippen LogP contribution in [0.15, 0.2) is 18.2 Å². The Balaban J connectivity index is 2.80. The van der Waals surface area contributed by atoms with Crippen LogP contribution in [0.5, 0.6) is 5.75 Å². The van der Waals surface area contributed by atoms with Gasteiger partial charge in [0.15, 0.2) is 17.7 Å². The zero-order valence-electron chi connectivity index (χ0n) is 8.26. The monoisotopic (exact) mass is 214 g/mol. The highest BCUT2D eigenvalue weighted by Crippen LogP contribution is 2.17. The Bertz CT molecular complexity index is 368. The average Bonchev–Trinajstić information content (AvgIpc) is 2.19. The van der Waals surface area contributed by atoms with Crippen LogP contribution in [0.25, 0.3) is 0 Å². The number of nitrogens with one attached hydrogen (secondary N) is 1. The topological polar surface area (TPSA) is 59.1 Å². The predicted octanol–water partition coefficient (Wildman–Crippen LogP) is 2.06. The van der Waals surface area contributed by atoms with Gasteiger partial charge in [-0.25, -0.2) is 8.78 Å². The maximum atomic E-state index is 12.8. The third-order valence-electron chi connectivity index (χ3n) is 1.89. The second-order valence-corrected chi connectivity index (χ2v) is 3.05. The van der Waals surface area contributed by atoms with Crippen LogP contribution in [0.2, 0.25) is 0 Å². The van der Waals surface area contributed by atoms with E-state index in [-0.39, 0.29) is 11.6 Å². The fraction of sp³-hybridized carbons (Fsp3) is 0.300. The molecule has 0 bridgehead atoms. The third-order valence-corrected chi connectivity index (χ3v) is 1.89. The summed E-state index contributed by atoms with van der Waals surface area (Å²) >= 11 is 0. The van der Waals surface area contributed by atoms with Crippen LogP contribution in [-0.2, 0) is 0 Å². The van der Waals surface area contributed by atoms with Gasteiger partial charge in [0, 0.05) is 6.07 Å². The zero-order valence-corrected chi connectivity index (χ0v) is 8.26. The van der Waals surface area contributed by atoms with Crippen molar-refractivity contribution in [2.45, 2.75) is 19.4 Å². The van der Waals surface area contributed by atoms with Crippen molar-refractivity contribution >= 4 is 5.84 Å². The van der Waals surface area contributed by atoms with Gasteiger partial charge in [0.05, 0.1) is 0 Å². The summed E-state index contributed by atoms with van der Waals surface area (Å²) in [5, 5.41) is 7.18. The van der Waals surface area contributed by atoms with Crippen LogP contribution < -0.4 is 10.5 Å². The smallest absolute Gasteiger partial charge is 0.162 e. The fourth-order valence-electron chi connectivity index (χ4n) is 1.08. The van der Waals surface area contributed by atoms with E-state index in [1.165, 1.54) is 6.07 Å². The van der Waals surface area contributed by atoms with Gasteiger partial charge in [-0.2, -0.15) is 0 Å². The van der Waals surface area contributed by atoms with Crippen molar-refractivity contribution in [2.75, 3.05) is 0 Å². The molecule has 0 radical (unpaired) electrons. The van der Waals surface area contributed by atoms with Gasteiger partial charge in [0.2, 0.25) is 0 Å². The van der Waals surface area contributed by atoms with E-state index in [1.54, 1.807) is 6.92 Å². The SMILES string of the molecule is CCC(Oc1ccc(F)c(F)c1)C(=N)N. The van der Waals surface area contributed by atoms with Gasteiger partial charge >= 0.3 is 0 Å². The van der Waals surface area contributed by atoms with Crippen molar-refractivity contribution in [2.24, 2.45) is 5.73 Å². The molecule has 0 aliphatic heterocycles. The molecule has 0 saturated carbocycles. The molecule has 1 rings (SSSR count). The molecule has 5 heteroatoms. The van der Waals surface area contributed by atoms with E-state index in [9.17, 15) is 8.78 Å². The predicted molar refractivity (Wildman–Crippen MR) is 53.0 cm³/mol. The molecule has 0 saturated heterocycles. The Kier molecular flexibility index (Phi) is 3.60. The number of hydrogen-bond acceptors (Lipinski definition) is 2. The molecule has 0 fully saturated rings. The van der Waals surface area contributed by atoms with Gasteiger partial charge in [-0.3, -0.25) is 5.41 Å². The first kappa shape index (κ1) is 11.4. The Morgan fingerprint density at radius 1 is 1.47 bits per heavy atom. The van der Waals surface area contributed by atoms with Crippen molar-refractivity contribution in [1.82, 2.24) is 0 Å². The molecule has 0 aromatic heterocycles. The first-order chi connectivity index (χ1) is 7.04. The molecular weight excluding hydrogens is 202 g/mol. The van der Waals surface area contributed by atoms with Crippen molar-refractivity contribution in [1.29, 1.82) is 5.41 Å². The zero-order chi connectivity index (χ0) is 11.4. The van der Waals surface area contributed by atoms with Crippen molar-refractivity contribution in [3.8, 4) is 5.75 Å². The molecule has 0 amide bonds. The molecular formula is C10H12F2N2O. The normalized spacial score (nSPS) is 12.2. The van der Waals surface area contributed by atoms with Crippen molar-refractivity contribution < 1.29 is 13.5 Å². The molecule has 15 heavy (non-hydrogen) atoms. The minimum atomic E-state index is -0.981. The maximum Gasteiger partial charge on any atom is 0.162 e. The molecule has 1 unspecified atom stereocenters. The summed E-state index contributed by atoms with van der Waals surface area (Å²) in [5.74, 6) is -1.89. The quantitative estimate of drug-likeness (QED) is 0.595. The number of ether oxygens (including phenoxy) is 1. The van der Waals surface area contributed by atoms with E-state index in [2.05, 4.69) is 0 Å². The summed E-state index contributed by atoms with van der Waals surface area (Å²) < 4.78 is 30.6. The number of rotatable bonds is 4. The van der Waals surface area contributed by atoms with Gasteiger partial charge < -0.3 is 10.5 Å². The standard InChI is InChI=1S/C10H12F2N2O/c1-2-9(10(13)14)15-6-3-4-7(11)8(12)5-6/h3-5,9H,2H2,1H3,(H3,13,14). The number of hydrogen-bond donors (Lipinski definition) is 2. The Morgan fingerprint density at radius 2 is 2.13 bits per heavy atom. The van der Waals surface area contributed by atoms with Gasteiger partial charge in [-0.05, 0) is 18.6 Å². The first-order valence-corrected chi connectivity index (χ1v) is 4.50. The fourth-order valence-corrected chi connectivity index (χ4v) is 1.08. The molecule has 1 aromatic rings. The number of benzene rings is 1. The molecule has 82 valence electrons. The maximum absolute atomic E-state index is 12.8. The summed E-state index contributed by atoms with van der Waals surface area (Å²) in [4.78, 5) is 0. The van der Waals surface area contributed by atoms with Crippen molar-refractivity contribution in [3.05, 3.63) is 29.8 Å². The van der Waals surface area contributed by atoms with E-state index in [1.807, 2.05) is 0 Å². The lowest BCUT2D eigenvalue weighted by Crippen LogP contribution is -2.32. The summed E-state index contributed by atoms with van der Waals surface area (Å²) in [6, 6.07) is 3.20. The van der Waals surface area contributed by atoms with Gasteiger partial charge in [-0.1, -0.05) is 6.92 Å². The Hall–Kier alpha value is -1.65. The highest BCUT2D eigenvalue weighted by molar-refractivity contribution is 5.81. The van der Waals surface area contributed by atoms with E-state index >= 15 is 0 Å². The number of nitrogens with two attached hydrogens (primary N) is 1. The molecule has 1 aromatic carbocycles. The van der Waals surface area contributed by atoms with Crippen LogP contribution in [0.4, 0.5) is 8.78 Å². The van der Waals surface area contributed by atoms with Crippen molar-refractivity contribution in [3.63, 3.8) is 0 Å². The number of amidine groups is 1. The highest BCUT2D eigenvalue weighted by atomic mass is 19.2. The molecule has 0 heterocycles. The molecule has 3 N–H and O–H groups in total. The lowest BCUT2D eigenvalue weighted by Gasteiger charge is -2.15. The summed E-state index contributed by atoms with van der Waals surface area (Å²) in [5.41, 5.74) is 5.25. The van der Waals surface area contributed by atoms with Crippen LogP contribution in [0.1, 0.15) is 13.3 Å². The van der Waals surface area contributed by atoms with E-state index in [0.29, 0.717) is 6.42 Å². The molecule has 1 atom stereocenters. The minimum absolute atomic E-state index is 0.137. The minimum Gasteiger partial charge on any atom is -0.482 e. The third kappa shape index (κ3) is 2.90. The van der Waals surface area contributed by atoms with Crippen LogP contribution in [-0.4, -0.2) is 11.9 Å². The second-order valence-electron chi connectivity index (χ2n) is 3.05. The summed E-state index contributed by atoms with van der Waals surface area (Å²) in [7, 11) is 0. The van der Waals surface area contributed by atoms with Gasteiger partial charge in [0.25, 0.3) is 0 Å². The summed E-state index contributed by atoms with van der Waals surface area (Å²) in [6.45, 7) is 1.78. The molecule has 0 aliphatic rings. The Morgan fingerprint density at radius 3 is 2.60 bits per heavy atom. The lowest BCUT2D eigenvalue weighted by atomic mass is 10.2. The van der Waals surface area contributed by atoms with E-state index in [4.69, 9.17) is 15.9 Å². The highest BCUT2D eigenvalue weighted by Gasteiger charge is 2.12. The lowest BCUT2D eigenvalue weighted by molar-refractivity contribution is 0.258. The van der Waals surface area contributed by atoms with E-state index in [0.717, 1.165) is 12.1 Å². The second kappa shape index (κ2) is 4.72. The molecule has 0 spiro atoms. The molecule has 3 nitrogen and oxygen atoms in total. The van der Waals surface area contributed by atoms with Gasteiger partial charge in [0.1, 0.15) is 11.6 Å². The van der Waals surface area contributed by atoms with Crippen LogP contribution in [0.3, 0.4) is 0 Å². The number of halogens is 2. The largest absolute Gasteiger partial charge is 0.482 e. The average molecular weight is 214 g/mol. The Labute approximate surface area is 86.4 Å². The van der Waals surface area contributed by atoms with Gasteiger partial charge in [-0.15, -0.1) is 0 Å². The van der Waals surface area contributed by atoms with E-state index < -0.39 is 17.7 Å². The molecule has 0 aliphatic carbocycles. The summed E-state index contributed by atoms with van der Waals surface area (Å²) in [6.07, 6.45) is -0.108.